The zero-order chi connectivity index (χ0) is 17.1. The molecule has 1 saturated heterocycles. The molecule has 0 radical (unpaired) electrons. The standard InChI is InChI=1S/C18H19N3O3/c1-12-5-3-8-16(19-12)20-18(23)13-9-17(22)21(11-13)14-6-4-7-15(10-14)24-2/h3-8,10,13H,9,11H2,1-2H3,(H,19,20,23)/t13-/m1/s1. The molecule has 3 rings (SSSR count). The van der Waals surface area contributed by atoms with Crippen molar-refractivity contribution in [2.24, 2.45) is 5.92 Å². The fourth-order valence-electron chi connectivity index (χ4n) is 2.75. The Hall–Kier alpha value is -2.89. The third-order valence-corrected chi connectivity index (χ3v) is 4.00. The predicted octanol–water partition coefficient (Wildman–Crippen LogP) is 2.39. The van der Waals surface area contributed by atoms with Crippen molar-refractivity contribution >= 4 is 23.3 Å². The van der Waals surface area contributed by atoms with Crippen molar-refractivity contribution in [2.45, 2.75) is 13.3 Å². The van der Waals surface area contributed by atoms with Gasteiger partial charge >= 0.3 is 0 Å². The molecule has 0 unspecified atom stereocenters. The number of pyridine rings is 1. The summed E-state index contributed by atoms with van der Waals surface area (Å²) in [5.41, 5.74) is 1.57. The van der Waals surface area contributed by atoms with Gasteiger partial charge in [-0.1, -0.05) is 12.1 Å². The van der Waals surface area contributed by atoms with Crippen molar-refractivity contribution in [1.29, 1.82) is 0 Å². The number of benzene rings is 1. The Morgan fingerprint density at radius 1 is 1.29 bits per heavy atom. The number of anilines is 2. The molecule has 1 N–H and O–H groups in total. The van der Waals surface area contributed by atoms with Gasteiger partial charge in [0.25, 0.3) is 0 Å². The van der Waals surface area contributed by atoms with Gasteiger partial charge in [-0.25, -0.2) is 4.98 Å². The summed E-state index contributed by atoms with van der Waals surface area (Å²) < 4.78 is 5.19. The Kier molecular flexibility index (Phi) is 4.46. The molecule has 1 aromatic carbocycles. The van der Waals surface area contributed by atoms with Crippen LogP contribution in [0.4, 0.5) is 11.5 Å². The molecule has 2 amide bonds. The van der Waals surface area contributed by atoms with Crippen molar-refractivity contribution in [1.82, 2.24) is 4.98 Å². The number of carbonyl (C=O) groups is 2. The van der Waals surface area contributed by atoms with Crippen LogP contribution >= 0.6 is 0 Å². The van der Waals surface area contributed by atoms with E-state index < -0.39 is 5.92 Å². The van der Waals surface area contributed by atoms with E-state index in [1.165, 1.54) is 0 Å². The van der Waals surface area contributed by atoms with E-state index in [1.807, 2.05) is 37.3 Å². The minimum absolute atomic E-state index is 0.0689. The van der Waals surface area contributed by atoms with Gasteiger partial charge in [0.1, 0.15) is 11.6 Å². The molecule has 6 nitrogen and oxygen atoms in total. The second-order valence-corrected chi connectivity index (χ2v) is 5.76. The number of aromatic nitrogens is 1. The maximum Gasteiger partial charge on any atom is 0.230 e. The number of amides is 2. The van der Waals surface area contributed by atoms with Crippen LogP contribution in [0.5, 0.6) is 5.75 Å². The lowest BCUT2D eigenvalue weighted by atomic mass is 10.1. The van der Waals surface area contributed by atoms with Gasteiger partial charge in [0.2, 0.25) is 11.8 Å². The number of methoxy groups -OCH3 is 1. The third-order valence-electron chi connectivity index (χ3n) is 4.00. The monoisotopic (exact) mass is 325 g/mol. The summed E-state index contributed by atoms with van der Waals surface area (Å²) in [6.07, 6.45) is 0.189. The molecule has 124 valence electrons. The maximum atomic E-state index is 12.4. The highest BCUT2D eigenvalue weighted by atomic mass is 16.5. The number of carbonyl (C=O) groups excluding carboxylic acids is 2. The lowest BCUT2D eigenvalue weighted by molar-refractivity contribution is -0.122. The molecular formula is C18H19N3O3. The van der Waals surface area contributed by atoms with Crippen LogP contribution in [0, 0.1) is 12.8 Å². The Balaban J connectivity index is 1.70. The summed E-state index contributed by atoms with van der Waals surface area (Å²) in [6, 6.07) is 12.7. The van der Waals surface area contributed by atoms with E-state index in [2.05, 4.69) is 10.3 Å². The summed E-state index contributed by atoms with van der Waals surface area (Å²) in [5.74, 6) is 0.530. The van der Waals surface area contributed by atoms with E-state index in [1.54, 1.807) is 24.1 Å². The molecular weight excluding hydrogens is 306 g/mol. The highest BCUT2D eigenvalue weighted by Gasteiger charge is 2.35. The maximum absolute atomic E-state index is 12.4. The minimum atomic E-state index is -0.397. The van der Waals surface area contributed by atoms with Crippen LogP contribution in [0.25, 0.3) is 0 Å². The zero-order valence-electron chi connectivity index (χ0n) is 13.7. The SMILES string of the molecule is COc1cccc(N2C[C@H](C(=O)Nc3cccc(C)n3)CC2=O)c1. The molecule has 1 aromatic heterocycles. The van der Waals surface area contributed by atoms with Gasteiger partial charge in [-0.05, 0) is 31.2 Å². The topological polar surface area (TPSA) is 71.5 Å². The number of rotatable bonds is 4. The quantitative estimate of drug-likeness (QED) is 0.937. The van der Waals surface area contributed by atoms with Crippen molar-refractivity contribution < 1.29 is 14.3 Å². The molecule has 1 fully saturated rings. The van der Waals surface area contributed by atoms with Gasteiger partial charge in [0, 0.05) is 30.4 Å². The van der Waals surface area contributed by atoms with Crippen molar-refractivity contribution in [2.75, 3.05) is 23.9 Å². The number of ether oxygens (including phenoxy) is 1. The molecule has 1 atom stereocenters. The normalized spacial score (nSPS) is 17.0. The predicted molar refractivity (Wildman–Crippen MR) is 91.1 cm³/mol. The average Bonchev–Trinajstić information content (AvgIpc) is 2.97. The minimum Gasteiger partial charge on any atom is -0.497 e. The molecule has 1 aliphatic rings. The van der Waals surface area contributed by atoms with Gasteiger partial charge in [0.15, 0.2) is 0 Å². The Labute approximate surface area is 140 Å². The molecule has 6 heteroatoms. The summed E-state index contributed by atoms with van der Waals surface area (Å²) in [6.45, 7) is 2.21. The Morgan fingerprint density at radius 3 is 2.83 bits per heavy atom. The first-order valence-electron chi connectivity index (χ1n) is 7.76. The summed E-state index contributed by atoms with van der Waals surface area (Å²) >= 11 is 0. The van der Waals surface area contributed by atoms with E-state index in [0.29, 0.717) is 18.1 Å². The van der Waals surface area contributed by atoms with Crippen LogP contribution in [0.1, 0.15) is 12.1 Å². The Bertz CT molecular complexity index is 776. The Morgan fingerprint density at radius 2 is 2.08 bits per heavy atom. The van der Waals surface area contributed by atoms with Gasteiger partial charge in [-0.3, -0.25) is 9.59 Å². The fourth-order valence-corrected chi connectivity index (χ4v) is 2.75. The number of nitrogens with zero attached hydrogens (tertiary/aromatic N) is 2. The fraction of sp³-hybridized carbons (Fsp3) is 0.278. The number of hydrogen-bond donors (Lipinski definition) is 1. The largest absolute Gasteiger partial charge is 0.497 e. The van der Waals surface area contributed by atoms with Crippen LogP contribution in [0.3, 0.4) is 0 Å². The first-order chi connectivity index (χ1) is 11.6. The average molecular weight is 325 g/mol. The van der Waals surface area contributed by atoms with Crippen LogP contribution in [0.15, 0.2) is 42.5 Å². The van der Waals surface area contributed by atoms with E-state index in [4.69, 9.17) is 4.74 Å². The smallest absolute Gasteiger partial charge is 0.230 e. The van der Waals surface area contributed by atoms with Gasteiger partial charge in [-0.15, -0.1) is 0 Å². The van der Waals surface area contributed by atoms with Gasteiger partial charge in [-0.2, -0.15) is 0 Å². The lowest BCUT2D eigenvalue weighted by Crippen LogP contribution is -2.28. The molecule has 2 heterocycles. The van der Waals surface area contributed by atoms with Crippen LogP contribution < -0.4 is 15.0 Å². The zero-order valence-corrected chi connectivity index (χ0v) is 13.7. The molecule has 2 aromatic rings. The number of hydrogen-bond acceptors (Lipinski definition) is 4. The summed E-state index contributed by atoms with van der Waals surface area (Å²) in [7, 11) is 1.58. The van der Waals surface area contributed by atoms with Crippen molar-refractivity contribution in [3.8, 4) is 5.75 Å². The van der Waals surface area contributed by atoms with Gasteiger partial charge in [0.05, 0.1) is 13.0 Å². The van der Waals surface area contributed by atoms with Gasteiger partial charge < -0.3 is 15.0 Å². The van der Waals surface area contributed by atoms with Crippen LogP contribution in [-0.4, -0.2) is 30.5 Å². The lowest BCUT2D eigenvalue weighted by Gasteiger charge is -2.17. The second-order valence-electron chi connectivity index (χ2n) is 5.76. The van der Waals surface area contributed by atoms with Crippen molar-refractivity contribution in [3.05, 3.63) is 48.2 Å². The van der Waals surface area contributed by atoms with E-state index in [9.17, 15) is 9.59 Å². The molecule has 24 heavy (non-hydrogen) atoms. The molecule has 1 aliphatic heterocycles. The van der Waals surface area contributed by atoms with E-state index >= 15 is 0 Å². The highest BCUT2D eigenvalue weighted by Crippen LogP contribution is 2.28. The van der Waals surface area contributed by atoms with Crippen molar-refractivity contribution in [3.63, 3.8) is 0 Å². The molecule has 0 saturated carbocycles. The second kappa shape index (κ2) is 6.70. The van der Waals surface area contributed by atoms with Crippen LogP contribution in [-0.2, 0) is 9.59 Å². The highest BCUT2D eigenvalue weighted by molar-refractivity contribution is 6.03. The molecule has 0 spiro atoms. The summed E-state index contributed by atoms with van der Waals surface area (Å²) in [4.78, 5) is 30.6. The summed E-state index contributed by atoms with van der Waals surface area (Å²) in [5, 5.41) is 2.79. The number of nitrogens with one attached hydrogen (secondary N) is 1. The number of aryl methyl sites for hydroxylation is 1. The first kappa shape index (κ1) is 16.0. The first-order valence-corrected chi connectivity index (χ1v) is 7.76. The van der Waals surface area contributed by atoms with E-state index in [-0.39, 0.29) is 18.2 Å². The third kappa shape index (κ3) is 3.37. The van der Waals surface area contributed by atoms with E-state index in [0.717, 1.165) is 11.4 Å². The molecule has 0 aliphatic carbocycles. The molecule has 0 bridgehead atoms. The van der Waals surface area contributed by atoms with Crippen LogP contribution in [0.2, 0.25) is 0 Å².